The molecule has 0 aliphatic rings. The predicted molar refractivity (Wildman–Crippen MR) is 99.4 cm³/mol. The van der Waals surface area contributed by atoms with Gasteiger partial charge >= 0.3 is 0 Å². The minimum Gasteiger partial charge on any atom is -0.399 e. The third kappa shape index (κ3) is 5.24. The summed E-state index contributed by atoms with van der Waals surface area (Å²) >= 11 is 6.01. The standard InChI is InChI=1S/C18H18ClN5O/c19-16-7-15(22)4-5-17(16)24-18(25)14(9-21)11-23-10-13-3-1-2-12(6-13)8-20/h1-7,11,23H,8,10,20,22H2,(H,24,25)/b14-11-. The Kier molecular flexibility index (Phi) is 6.40. The van der Waals surface area contributed by atoms with E-state index < -0.39 is 5.91 Å². The Morgan fingerprint density at radius 1 is 1.24 bits per heavy atom. The van der Waals surface area contributed by atoms with Crippen molar-refractivity contribution in [2.45, 2.75) is 13.1 Å². The fourth-order valence-corrected chi connectivity index (χ4v) is 2.34. The molecule has 0 saturated heterocycles. The normalized spacial score (nSPS) is 10.8. The molecule has 0 aliphatic carbocycles. The van der Waals surface area contributed by atoms with E-state index in [1.165, 1.54) is 12.3 Å². The van der Waals surface area contributed by atoms with Crippen molar-refractivity contribution in [1.29, 1.82) is 5.26 Å². The van der Waals surface area contributed by atoms with Gasteiger partial charge in [-0.05, 0) is 29.3 Å². The van der Waals surface area contributed by atoms with Gasteiger partial charge < -0.3 is 22.1 Å². The predicted octanol–water partition coefficient (Wildman–Crippen LogP) is 2.52. The molecule has 0 heterocycles. The highest BCUT2D eigenvalue weighted by Crippen LogP contribution is 2.24. The SMILES string of the molecule is N#C/C(=C/NCc1cccc(CN)c1)C(=O)Nc1ccc(N)cc1Cl. The summed E-state index contributed by atoms with van der Waals surface area (Å²) in [6, 6.07) is 14.3. The molecule has 0 radical (unpaired) electrons. The first kappa shape index (κ1) is 18.3. The molecule has 128 valence electrons. The maximum Gasteiger partial charge on any atom is 0.267 e. The van der Waals surface area contributed by atoms with E-state index in [1.807, 2.05) is 30.3 Å². The van der Waals surface area contributed by atoms with Crippen LogP contribution in [0, 0.1) is 11.3 Å². The summed E-state index contributed by atoms with van der Waals surface area (Å²) < 4.78 is 0. The molecule has 0 unspecified atom stereocenters. The molecule has 2 aromatic rings. The average molecular weight is 356 g/mol. The van der Waals surface area contributed by atoms with Crippen LogP contribution in [0.15, 0.2) is 54.2 Å². The van der Waals surface area contributed by atoms with E-state index in [0.717, 1.165) is 11.1 Å². The summed E-state index contributed by atoms with van der Waals surface area (Å²) in [4.78, 5) is 12.2. The van der Waals surface area contributed by atoms with Crippen molar-refractivity contribution in [3.8, 4) is 6.07 Å². The lowest BCUT2D eigenvalue weighted by Gasteiger charge is -2.08. The van der Waals surface area contributed by atoms with Gasteiger partial charge in [-0.25, -0.2) is 0 Å². The molecule has 6 nitrogen and oxygen atoms in total. The van der Waals surface area contributed by atoms with Gasteiger partial charge in [0.05, 0.1) is 10.7 Å². The lowest BCUT2D eigenvalue weighted by molar-refractivity contribution is -0.112. The Morgan fingerprint density at radius 2 is 2.00 bits per heavy atom. The topological polar surface area (TPSA) is 117 Å². The first-order valence-corrected chi connectivity index (χ1v) is 7.89. The Morgan fingerprint density at radius 3 is 2.68 bits per heavy atom. The van der Waals surface area contributed by atoms with Gasteiger partial charge in [-0.3, -0.25) is 4.79 Å². The Labute approximate surface area is 151 Å². The van der Waals surface area contributed by atoms with Crippen molar-refractivity contribution >= 4 is 28.9 Å². The monoisotopic (exact) mass is 355 g/mol. The van der Waals surface area contributed by atoms with E-state index in [9.17, 15) is 10.1 Å². The summed E-state index contributed by atoms with van der Waals surface area (Å²) in [5.41, 5.74) is 14.0. The summed E-state index contributed by atoms with van der Waals surface area (Å²) in [5, 5.41) is 15.0. The molecular weight excluding hydrogens is 338 g/mol. The number of nitrogens with zero attached hydrogens (tertiary/aromatic N) is 1. The first-order valence-electron chi connectivity index (χ1n) is 7.51. The van der Waals surface area contributed by atoms with Gasteiger partial charge in [-0.15, -0.1) is 0 Å². The lowest BCUT2D eigenvalue weighted by atomic mass is 10.1. The van der Waals surface area contributed by atoms with Crippen LogP contribution in [0.2, 0.25) is 5.02 Å². The third-order valence-corrected chi connectivity index (χ3v) is 3.70. The number of carbonyl (C=O) groups is 1. The zero-order valence-electron chi connectivity index (χ0n) is 13.4. The number of hydrogen-bond donors (Lipinski definition) is 4. The molecule has 1 amide bonds. The zero-order chi connectivity index (χ0) is 18.2. The van der Waals surface area contributed by atoms with Gasteiger partial charge in [0, 0.05) is 25.0 Å². The van der Waals surface area contributed by atoms with Gasteiger partial charge in [0.2, 0.25) is 0 Å². The van der Waals surface area contributed by atoms with E-state index in [0.29, 0.717) is 29.5 Å². The number of nitriles is 1. The van der Waals surface area contributed by atoms with Gasteiger partial charge in [-0.1, -0.05) is 35.9 Å². The largest absolute Gasteiger partial charge is 0.399 e. The highest BCUT2D eigenvalue weighted by atomic mass is 35.5. The number of nitrogens with two attached hydrogens (primary N) is 2. The number of amides is 1. The number of nitrogens with one attached hydrogen (secondary N) is 2. The molecule has 0 saturated carbocycles. The Bertz CT molecular complexity index is 842. The number of benzene rings is 2. The summed E-state index contributed by atoms with van der Waals surface area (Å²) in [6.07, 6.45) is 1.37. The molecule has 25 heavy (non-hydrogen) atoms. The number of nitrogen functional groups attached to an aromatic ring is 1. The van der Waals surface area contributed by atoms with Crippen molar-refractivity contribution < 1.29 is 4.79 Å². The smallest absolute Gasteiger partial charge is 0.267 e. The Hall–Kier alpha value is -3.01. The molecule has 0 spiro atoms. The van der Waals surface area contributed by atoms with Crippen LogP contribution >= 0.6 is 11.6 Å². The molecule has 0 aliphatic heterocycles. The van der Waals surface area contributed by atoms with E-state index >= 15 is 0 Å². The van der Waals surface area contributed by atoms with Crippen LogP contribution < -0.4 is 22.1 Å². The molecule has 2 rings (SSSR count). The molecule has 0 bridgehead atoms. The molecule has 2 aromatic carbocycles. The number of halogens is 1. The minimum atomic E-state index is -0.558. The fourth-order valence-electron chi connectivity index (χ4n) is 2.11. The van der Waals surface area contributed by atoms with E-state index in [-0.39, 0.29) is 5.57 Å². The maximum atomic E-state index is 12.2. The minimum absolute atomic E-state index is 0.0668. The van der Waals surface area contributed by atoms with Gasteiger partial charge in [0.1, 0.15) is 11.6 Å². The fraction of sp³-hybridized carbons (Fsp3) is 0.111. The number of hydrogen-bond acceptors (Lipinski definition) is 5. The maximum absolute atomic E-state index is 12.2. The quantitative estimate of drug-likeness (QED) is 0.361. The van der Waals surface area contributed by atoms with E-state index in [2.05, 4.69) is 10.6 Å². The number of rotatable bonds is 6. The van der Waals surface area contributed by atoms with Crippen LogP contribution in [-0.4, -0.2) is 5.91 Å². The molecule has 7 heteroatoms. The molecular formula is C18H18ClN5O. The molecule has 0 aromatic heterocycles. The first-order chi connectivity index (χ1) is 12.0. The number of anilines is 2. The van der Waals surface area contributed by atoms with Crippen LogP contribution in [0.1, 0.15) is 11.1 Å². The van der Waals surface area contributed by atoms with Crippen molar-refractivity contribution in [3.05, 3.63) is 70.4 Å². The van der Waals surface area contributed by atoms with Gasteiger partial charge in [-0.2, -0.15) is 5.26 Å². The molecule has 6 N–H and O–H groups in total. The van der Waals surface area contributed by atoms with Gasteiger partial charge in [0.15, 0.2) is 0 Å². The average Bonchev–Trinajstić information content (AvgIpc) is 2.61. The van der Waals surface area contributed by atoms with E-state index in [1.54, 1.807) is 12.1 Å². The van der Waals surface area contributed by atoms with Crippen LogP contribution in [0.5, 0.6) is 0 Å². The van der Waals surface area contributed by atoms with Crippen molar-refractivity contribution in [3.63, 3.8) is 0 Å². The molecule has 0 fully saturated rings. The number of carbonyl (C=O) groups excluding carboxylic acids is 1. The highest BCUT2D eigenvalue weighted by Gasteiger charge is 2.11. The van der Waals surface area contributed by atoms with Crippen LogP contribution in [0.25, 0.3) is 0 Å². The Balaban J connectivity index is 2.01. The summed E-state index contributed by atoms with van der Waals surface area (Å²) in [5.74, 6) is -0.558. The summed E-state index contributed by atoms with van der Waals surface area (Å²) in [6.45, 7) is 0.923. The van der Waals surface area contributed by atoms with Gasteiger partial charge in [0.25, 0.3) is 5.91 Å². The van der Waals surface area contributed by atoms with Crippen LogP contribution in [-0.2, 0) is 17.9 Å². The molecule has 0 atom stereocenters. The lowest BCUT2D eigenvalue weighted by Crippen LogP contribution is -2.17. The van der Waals surface area contributed by atoms with Crippen molar-refractivity contribution in [1.82, 2.24) is 5.32 Å². The third-order valence-electron chi connectivity index (χ3n) is 3.39. The second-order valence-electron chi connectivity index (χ2n) is 5.27. The van der Waals surface area contributed by atoms with Crippen LogP contribution in [0.3, 0.4) is 0 Å². The second kappa shape index (κ2) is 8.73. The van der Waals surface area contributed by atoms with Crippen molar-refractivity contribution in [2.24, 2.45) is 5.73 Å². The highest BCUT2D eigenvalue weighted by molar-refractivity contribution is 6.34. The zero-order valence-corrected chi connectivity index (χ0v) is 14.2. The second-order valence-corrected chi connectivity index (χ2v) is 5.68. The van der Waals surface area contributed by atoms with E-state index in [4.69, 9.17) is 23.1 Å². The van der Waals surface area contributed by atoms with Crippen LogP contribution in [0.4, 0.5) is 11.4 Å². The summed E-state index contributed by atoms with van der Waals surface area (Å²) in [7, 11) is 0. The van der Waals surface area contributed by atoms with Crippen molar-refractivity contribution in [2.75, 3.05) is 11.1 Å².